The molecule has 8 heteroatoms. The van der Waals surface area contributed by atoms with E-state index in [-0.39, 0.29) is 28.7 Å². The molecular formula is C23H35N3O4S. The first kappa shape index (κ1) is 23.7. The average Bonchev–Trinajstić information content (AvgIpc) is 2.73. The van der Waals surface area contributed by atoms with Gasteiger partial charge >= 0.3 is 0 Å². The van der Waals surface area contributed by atoms with Crippen molar-refractivity contribution in [3.05, 3.63) is 29.8 Å². The largest absolute Gasteiger partial charge is 0.349 e. The molecule has 0 atom stereocenters. The van der Waals surface area contributed by atoms with Gasteiger partial charge in [0.2, 0.25) is 15.9 Å². The molecule has 1 saturated heterocycles. The summed E-state index contributed by atoms with van der Waals surface area (Å²) in [6, 6.07) is 6.00. The van der Waals surface area contributed by atoms with E-state index in [4.69, 9.17) is 0 Å². The molecule has 2 fully saturated rings. The topological polar surface area (TPSA) is 95.6 Å². The number of likely N-dealkylation sites (tertiary alicyclic amines) is 1. The van der Waals surface area contributed by atoms with Gasteiger partial charge < -0.3 is 10.2 Å². The van der Waals surface area contributed by atoms with E-state index < -0.39 is 15.6 Å². The molecule has 172 valence electrons. The number of carbonyl (C=O) groups is 2. The van der Waals surface area contributed by atoms with Gasteiger partial charge in [0.25, 0.3) is 5.91 Å². The van der Waals surface area contributed by atoms with Crippen LogP contribution in [0, 0.1) is 5.92 Å². The highest BCUT2D eigenvalue weighted by Crippen LogP contribution is 2.26. The van der Waals surface area contributed by atoms with Gasteiger partial charge in [-0.2, -0.15) is 0 Å². The second-order valence-corrected chi connectivity index (χ2v) is 11.5. The molecule has 0 bridgehead atoms. The molecule has 2 N–H and O–H groups in total. The summed E-state index contributed by atoms with van der Waals surface area (Å²) in [6.45, 7) is 6.69. The number of amides is 2. The monoisotopic (exact) mass is 449 g/mol. The van der Waals surface area contributed by atoms with Crippen LogP contribution >= 0.6 is 0 Å². The van der Waals surface area contributed by atoms with Crippen LogP contribution in [0.5, 0.6) is 0 Å². The highest BCUT2D eigenvalue weighted by molar-refractivity contribution is 7.89. The molecule has 2 amide bonds. The summed E-state index contributed by atoms with van der Waals surface area (Å²) >= 11 is 0. The summed E-state index contributed by atoms with van der Waals surface area (Å²) in [5, 5.41) is 3.03. The Morgan fingerprint density at radius 2 is 1.52 bits per heavy atom. The molecule has 2 aliphatic rings. The molecule has 0 spiro atoms. The van der Waals surface area contributed by atoms with E-state index in [2.05, 4.69) is 10.0 Å². The van der Waals surface area contributed by atoms with Crippen molar-refractivity contribution in [1.29, 1.82) is 0 Å². The summed E-state index contributed by atoms with van der Waals surface area (Å²) in [5.41, 5.74) is -0.155. The summed E-state index contributed by atoms with van der Waals surface area (Å²) < 4.78 is 27.4. The summed E-state index contributed by atoms with van der Waals surface area (Å²) in [4.78, 5) is 27.4. The SMILES string of the molecule is CC(C)(C)NS(=O)(=O)c1ccc(C(=O)NC2CCN(C(=O)C3CCCCC3)CC2)cc1. The number of piperidine rings is 1. The minimum absolute atomic E-state index is 0.0221. The molecule has 1 aliphatic carbocycles. The van der Waals surface area contributed by atoms with Crippen LogP contribution in [0.15, 0.2) is 29.2 Å². The highest BCUT2D eigenvalue weighted by atomic mass is 32.2. The third-order valence-corrected chi connectivity index (χ3v) is 7.74. The molecule has 1 aromatic rings. The second-order valence-electron chi connectivity index (χ2n) is 9.79. The minimum Gasteiger partial charge on any atom is -0.349 e. The smallest absolute Gasteiger partial charge is 0.251 e. The van der Waals surface area contributed by atoms with Crippen molar-refractivity contribution in [3.8, 4) is 0 Å². The van der Waals surface area contributed by atoms with Gasteiger partial charge in [0.1, 0.15) is 0 Å². The Morgan fingerprint density at radius 3 is 2.06 bits per heavy atom. The second kappa shape index (κ2) is 9.69. The van der Waals surface area contributed by atoms with Gasteiger partial charge in [0.05, 0.1) is 4.90 Å². The van der Waals surface area contributed by atoms with E-state index in [0.717, 1.165) is 38.5 Å². The van der Waals surface area contributed by atoms with Crippen molar-refractivity contribution in [1.82, 2.24) is 14.9 Å². The number of rotatable bonds is 5. The molecule has 1 aromatic carbocycles. The zero-order chi connectivity index (χ0) is 22.6. The predicted molar refractivity (Wildman–Crippen MR) is 120 cm³/mol. The lowest BCUT2D eigenvalue weighted by Gasteiger charge is -2.35. The van der Waals surface area contributed by atoms with Crippen LogP contribution in [-0.2, 0) is 14.8 Å². The fourth-order valence-corrected chi connectivity index (χ4v) is 5.79. The summed E-state index contributed by atoms with van der Waals surface area (Å²) in [7, 11) is -3.63. The standard InChI is InChI=1S/C23H35N3O4S/c1-23(2,3)25-31(29,30)20-11-9-17(10-12-20)21(27)24-19-13-15-26(16-14-19)22(28)18-7-5-4-6-8-18/h9-12,18-19,25H,4-8,13-16H2,1-3H3,(H,24,27). The van der Waals surface area contributed by atoms with Gasteiger partial charge in [0.15, 0.2) is 0 Å². The lowest BCUT2D eigenvalue weighted by atomic mass is 9.87. The van der Waals surface area contributed by atoms with Crippen molar-refractivity contribution < 1.29 is 18.0 Å². The molecule has 1 heterocycles. The molecule has 0 unspecified atom stereocenters. The minimum atomic E-state index is -3.63. The van der Waals surface area contributed by atoms with Gasteiger partial charge in [-0.15, -0.1) is 0 Å². The van der Waals surface area contributed by atoms with Crippen LogP contribution < -0.4 is 10.0 Å². The molecule has 31 heavy (non-hydrogen) atoms. The maximum atomic E-state index is 12.7. The lowest BCUT2D eigenvalue weighted by molar-refractivity contribution is -0.137. The fourth-order valence-electron chi connectivity index (χ4n) is 4.37. The number of hydrogen-bond acceptors (Lipinski definition) is 4. The van der Waals surface area contributed by atoms with Crippen molar-refractivity contribution in [2.45, 2.75) is 82.2 Å². The molecule has 0 radical (unpaired) electrons. The Kier molecular flexibility index (Phi) is 7.42. The lowest BCUT2D eigenvalue weighted by Crippen LogP contribution is -2.48. The normalized spacial score (nSPS) is 19.3. The Labute approximate surface area is 186 Å². The average molecular weight is 450 g/mol. The number of benzene rings is 1. The number of nitrogens with zero attached hydrogens (tertiary/aromatic N) is 1. The van der Waals surface area contributed by atoms with Gasteiger partial charge in [-0.1, -0.05) is 19.3 Å². The number of sulfonamides is 1. The van der Waals surface area contributed by atoms with E-state index in [1.807, 2.05) is 4.90 Å². The third-order valence-electron chi connectivity index (χ3n) is 5.96. The molecule has 1 saturated carbocycles. The zero-order valence-electron chi connectivity index (χ0n) is 18.8. The Morgan fingerprint density at radius 1 is 0.935 bits per heavy atom. The third kappa shape index (κ3) is 6.53. The van der Waals surface area contributed by atoms with Crippen molar-refractivity contribution in [3.63, 3.8) is 0 Å². The molecule has 3 rings (SSSR count). The Hall–Kier alpha value is -1.93. The fraction of sp³-hybridized carbons (Fsp3) is 0.652. The van der Waals surface area contributed by atoms with Crippen molar-refractivity contribution >= 4 is 21.8 Å². The quantitative estimate of drug-likeness (QED) is 0.722. The van der Waals surface area contributed by atoms with E-state index in [0.29, 0.717) is 18.7 Å². The zero-order valence-corrected chi connectivity index (χ0v) is 19.6. The summed E-state index contributed by atoms with van der Waals surface area (Å²) in [5.74, 6) is 0.248. The van der Waals surface area contributed by atoms with E-state index in [9.17, 15) is 18.0 Å². The van der Waals surface area contributed by atoms with E-state index in [1.54, 1.807) is 20.8 Å². The van der Waals surface area contributed by atoms with Crippen molar-refractivity contribution in [2.24, 2.45) is 5.92 Å². The molecule has 7 nitrogen and oxygen atoms in total. The van der Waals surface area contributed by atoms with Crippen LogP contribution in [0.2, 0.25) is 0 Å². The van der Waals surface area contributed by atoms with E-state index >= 15 is 0 Å². The molecule has 0 aromatic heterocycles. The van der Waals surface area contributed by atoms with Gasteiger partial charge in [-0.05, 0) is 70.7 Å². The van der Waals surface area contributed by atoms with Crippen LogP contribution in [-0.4, -0.2) is 49.8 Å². The van der Waals surface area contributed by atoms with Gasteiger partial charge in [-0.25, -0.2) is 13.1 Å². The van der Waals surface area contributed by atoms with Gasteiger partial charge in [0, 0.05) is 36.2 Å². The maximum absolute atomic E-state index is 12.7. The first-order chi connectivity index (χ1) is 14.5. The Bertz CT molecular complexity index is 876. The van der Waals surface area contributed by atoms with E-state index in [1.165, 1.54) is 30.7 Å². The van der Waals surface area contributed by atoms with Crippen LogP contribution in [0.25, 0.3) is 0 Å². The first-order valence-electron chi connectivity index (χ1n) is 11.3. The Balaban J connectivity index is 1.51. The predicted octanol–water partition coefficient (Wildman–Crippen LogP) is 3.06. The van der Waals surface area contributed by atoms with Gasteiger partial charge in [-0.3, -0.25) is 9.59 Å². The summed E-state index contributed by atoms with van der Waals surface area (Å²) in [6.07, 6.45) is 7.03. The van der Waals surface area contributed by atoms with Crippen LogP contribution in [0.4, 0.5) is 0 Å². The highest BCUT2D eigenvalue weighted by Gasteiger charge is 2.29. The maximum Gasteiger partial charge on any atom is 0.251 e. The van der Waals surface area contributed by atoms with Crippen molar-refractivity contribution in [2.75, 3.05) is 13.1 Å². The molecular weight excluding hydrogens is 414 g/mol. The first-order valence-corrected chi connectivity index (χ1v) is 12.8. The molecule has 1 aliphatic heterocycles. The number of nitrogens with one attached hydrogen (secondary N) is 2. The number of hydrogen-bond donors (Lipinski definition) is 2. The van der Waals surface area contributed by atoms with Crippen LogP contribution in [0.1, 0.15) is 76.1 Å². The van der Waals surface area contributed by atoms with Crippen LogP contribution in [0.3, 0.4) is 0 Å². The number of carbonyl (C=O) groups excluding carboxylic acids is 2.